The number of carbonyl (C=O) groups is 1. The molecule has 1 aliphatic heterocycles. The molecule has 1 saturated heterocycles. The van der Waals surface area contributed by atoms with Crippen LogP contribution in [0, 0.1) is 5.41 Å². The third-order valence-corrected chi connectivity index (χ3v) is 7.64. The molecule has 0 spiro atoms. The summed E-state index contributed by atoms with van der Waals surface area (Å²) in [6.07, 6.45) is -0.702. The largest absolute Gasteiger partial charge is 0.488 e. The van der Waals surface area contributed by atoms with Gasteiger partial charge in [-0.15, -0.1) is 0 Å². The molecule has 1 heterocycles. The zero-order chi connectivity index (χ0) is 24.7. The van der Waals surface area contributed by atoms with Crippen LogP contribution in [0.3, 0.4) is 0 Å². The summed E-state index contributed by atoms with van der Waals surface area (Å²) in [5, 5.41) is 11.5. The maximum Gasteiger partial charge on any atom is 0.407 e. The monoisotopic (exact) mass is 502 g/mol. The van der Waals surface area contributed by atoms with Crippen molar-refractivity contribution in [1.82, 2.24) is 4.90 Å². The Morgan fingerprint density at radius 1 is 1.06 bits per heavy atom. The first-order valence-electron chi connectivity index (χ1n) is 10.9. The third kappa shape index (κ3) is 4.79. The predicted molar refractivity (Wildman–Crippen MR) is 133 cm³/mol. The molecule has 0 radical (unpaired) electrons. The van der Waals surface area contributed by atoms with E-state index in [1.807, 2.05) is 45.0 Å². The second-order valence-corrected chi connectivity index (χ2v) is 11.6. The van der Waals surface area contributed by atoms with E-state index in [9.17, 15) is 18.3 Å². The summed E-state index contributed by atoms with van der Waals surface area (Å²) in [5.41, 5.74) is 0.104. The standard InChI is InChI=1S/C25H27ClN2O5S/c1-25(2,3)23-22(14-15-28(23)24(29)30)33-21-13-12-20(18-6-4-5-7-19(18)21)27-34(31,32)17-10-8-16(26)9-11-17/h4-13,22-23,27H,14-15H2,1-3H3,(H,29,30)/t22-,23?/m0/s1. The van der Waals surface area contributed by atoms with Gasteiger partial charge in [-0.3, -0.25) is 4.72 Å². The Morgan fingerprint density at radius 3 is 2.32 bits per heavy atom. The lowest BCUT2D eigenvalue weighted by Gasteiger charge is -2.36. The molecule has 1 unspecified atom stereocenters. The van der Waals surface area contributed by atoms with E-state index in [1.165, 1.54) is 29.2 Å². The number of sulfonamides is 1. The number of fused-ring (bicyclic) bond motifs is 1. The van der Waals surface area contributed by atoms with E-state index in [0.717, 1.165) is 5.39 Å². The number of carboxylic acid groups (broad SMARTS) is 1. The van der Waals surface area contributed by atoms with Gasteiger partial charge in [0.2, 0.25) is 0 Å². The molecule has 7 nitrogen and oxygen atoms in total. The number of benzene rings is 3. The van der Waals surface area contributed by atoms with Gasteiger partial charge in [-0.25, -0.2) is 13.2 Å². The molecular weight excluding hydrogens is 476 g/mol. The van der Waals surface area contributed by atoms with Crippen LogP contribution in [-0.4, -0.2) is 43.2 Å². The summed E-state index contributed by atoms with van der Waals surface area (Å²) in [6, 6.07) is 16.4. The van der Waals surface area contributed by atoms with Crippen molar-refractivity contribution in [2.75, 3.05) is 11.3 Å². The second kappa shape index (κ2) is 9.00. The molecule has 0 aliphatic carbocycles. The summed E-state index contributed by atoms with van der Waals surface area (Å²) in [7, 11) is -3.82. The third-order valence-electron chi connectivity index (χ3n) is 6.01. The molecule has 2 N–H and O–H groups in total. The zero-order valence-electron chi connectivity index (χ0n) is 19.2. The molecule has 3 aromatic carbocycles. The van der Waals surface area contributed by atoms with Crippen molar-refractivity contribution in [2.45, 2.75) is 44.2 Å². The van der Waals surface area contributed by atoms with E-state index < -0.39 is 16.1 Å². The van der Waals surface area contributed by atoms with Crippen LogP contribution in [0.2, 0.25) is 5.02 Å². The van der Waals surface area contributed by atoms with Crippen LogP contribution in [-0.2, 0) is 10.0 Å². The Hall–Kier alpha value is -2.97. The van der Waals surface area contributed by atoms with E-state index in [4.69, 9.17) is 16.3 Å². The summed E-state index contributed by atoms with van der Waals surface area (Å²) in [6.45, 7) is 6.41. The van der Waals surface area contributed by atoms with E-state index >= 15 is 0 Å². The fourth-order valence-corrected chi connectivity index (χ4v) is 5.78. The van der Waals surface area contributed by atoms with Gasteiger partial charge in [-0.05, 0) is 41.8 Å². The molecule has 34 heavy (non-hydrogen) atoms. The predicted octanol–water partition coefficient (Wildman–Crippen LogP) is 5.84. The first-order chi connectivity index (χ1) is 16.0. The van der Waals surface area contributed by atoms with Crippen LogP contribution >= 0.6 is 11.6 Å². The van der Waals surface area contributed by atoms with Crippen molar-refractivity contribution in [3.8, 4) is 5.75 Å². The molecule has 180 valence electrons. The van der Waals surface area contributed by atoms with Crippen LogP contribution in [0.4, 0.5) is 10.5 Å². The molecule has 0 saturated carbocycles. The number of amides is 1. The van der Waals surface area contributed by atoms with Gasteiger partial charge in [-0.1, -0.05) is 56.6 Å². The summed E-state index contributed by atoms with van der Waals surface area (Å²) < 4.78 is 34.9. The maximum atomic E-state index is 12.9. The number of likely N-dealkylation sites (tertiary alicyclic amines) is 1. The zero-order valence-corrected chi connectivity index (χ0v) is 20.7. The molecule has 1 aliphatic rings. The second-order valence-electron chi connectivity index (χ2n) is 9.45. The number of anilines is 1. The van der Waals surface area contributed by atoms with Gasteiger partial charge in [0.1, 0.15) is 11.9 Å². The highest BCUT2D eigenvalue weighted by molar-refractivity contribution is 7.92. The number of nitrogens with one attached hydrogen (secondary N) is 1. The van der Waals surface area contributed by atoms with Crippen molar-refractivity contribution in [2.24, 2.45) is 5.41 Å². The molecule has 0 bridgehead atoms. The van der Waals surface area contributed by atoms with Crippen LogP contribution in [0.1, 0.15) is 27.2 Å². The number of nitrogens with zero attached hydrogens (tertiary/aromatic N) is 1. The molecule has 2 atom stereocenters. The Kier molecular flexibility index (Phi) is 6.40. The van der Waals surface area contributed by atoms with Crippen molar-refractivity contribution in [3.05, 3.63) is 65.7 Å². The smallest absolute Gasteiger partial charge is 0.407 e. The molecule has 1 amide bonds. The first-order valence-corrected chi connectivity index (χ1v) is 12.8. The highest BCUT2D eigenvalue weighted by Gasteiger charge is 2.45. The average Bonchev–Trinajstić information content (AvgIpc) is 3.20. The summed E-state index contributed by atoms with van der Waals surface area (Å²) in [4.78, 5) is 13.3. The van der Waals surface area contributed by atoms with Crippen LogP contribution in [0.5, 0.6) is 5.75 Å². The number of hydrogen-bond acceptors (Lipinski definition) is 4. The minimum Gasteiger partial charge on any atom is -0.488 e. The molecular formula is C25H27ClN2O5S. The SMILES string of the molecule is CC(C)(C)C1[C@@H](Oc2ccc(NS(=O)(=O)c3ccc(Cl)cc3)c3ccccc23)CCN1C(=O)O. The van der Waals surface area contributed by atoms with Crippen LogP contribution < -0.4 is 9.46 Å². The van der Waals surface area contributed by atoms with Gasteiger partial charge < -0.3 is 14.7 Å². The molecule has 9 heteroatoms. The lowest BCUT2D eigenvalue weighted by molar-refractivity contribution is 0.0578. The van der Waals surface area contributed by atoms with Gasteiger partial charge >= 0.3 is 6.09 Å². The van der Waals surface area contributed by atoms with Gasteiger partial charge in [0, 0.05) is 28.8 Å². The molecule has 3 aromatic rings. The minimum atomic E-state index is -3.82. The highest BCUT2D eigenvalue weighted by Crippen LogP contribution is 2.39. The molecule has 1 fully saturated rings. The van der Waals surface area contributed by atoms with Crippen molar-refractivity contribution < 1.29 is 23.1 Å². The van der Waals surface area contributed by atoms with Gasteiger partial charge in [0.05, 0.1) is 16.6 Å². The Morgan fingerprint density at radius 2 is 1.71 bits per heavy atom. The lowest BCUT2D eigenvalue weighted by atomic mass is 9.84. The van der Waals surface area contributed by atoms with Gasteiger partial charge in [0.25, 0.3) is 10.0 Å². The Labute approximate surface area is 204 Å². The van der Waals surface area contributed by atoms with Gasteiger partial charge in [-0.2, -0.15) is 0 Å². The van der Waals surface area contributed by atoms with Crippen molar-refractivity contribution in [3.63, 3.8) is 0 Å². The Balaban J connectivity index is 1.67. The van der Waals surface area contributed by atoms with E-state index in [0.29, 0.717) is 34.8 Å². The highest BCUT2D eigenvalue weighted by atomic mass is 35.5. The Bertz CT molecular complexity index is 1320. The van der Waals surface area contributed by atoms with Crippen molar-refractivity contribution in [1.29, 1.82) is 0 Å². The summed E-state index contributed by atoms with van der Waals surface area (Å²) >= 11 is 5.89. The fourth-order valence-electron chi connectivity index (χ4n) is 4.57. The minimum absolute atomic E-state index is 0.106. The lowest BCUT2D eigenvalue weighted by Crippen LogP contribution is -2.48. The topological polar surface area (TPSA) is 95.9 Å². The van der Waals surface area contributed by atoms with E-state index in [-0.39, 0.29) is 22.5 Å². The normalized spacial score (nSPS) is 18.8. The first kappa shape index (κ1) is 24.2. The number of hydrogen-bond donors (Lipinski definition) is 2. The van der Waals surface area contributed by atoms with Crippen molar-refractivity contribution >= 4 is 44.2 Å². The maximum absolute atomic E-state index is 12.9. The van der Waals surface area contributed by atoms with Gasteiger partial charge in [0.15, 0.2) is 0 Å². The quantitative estimate of drug-likeness (QED) is 0.457. The van der Waals surface area contributed by atoms with Crippen LogP contribution in [0.15, 0.2) is 65.6 Å². The number of halogens is 1. The number of rotatable bonds is 5. The summed E-state index contributed by atoms with van der Waals surface area (Å²) in [5.74, 6) is 0.580. The molecule has 0 aromatic heterocycles. The van der Waals surface area contributed by atoms with E-state index in [2.05, 4.69) is 4.72 Å². The molecule has 4 rings (SSSR count). The average molecular weight is 503 g/mol. The fraction of sp³-hybridized carbons (Fsp3) is 0.320. The van der Waals surface area contributed by atoms with E-state index in [1.54, 1.807) is 12.1 Å². The van der Waals surface area contributed by atoms with Crippen LogP contribution in [0.25, 0.3) is 10.8 Å². The number of ether oxygens (including phenoxy) is 1.